The number of pyridine rings is 1. The molecule has 0 aliphatic carbocycles. The number of para-hydroxylation sites is 1. The minimum absolute atomic E-state index is 0. The Morgan fingerprint density at radius 1 is 0.920 bits per heavy atom. The summed E-state index contributed by atoms with van der Waals surface area (Å²) >= 11 is 0. The van der Waals surface area contributed by atoms with E-state index in [1.54, 1.807) is 0 Å². The predicted molar refractivity (Wildman–Crippen MR) is 97.7 cm³/mol. The second-order valence-corrected chi connectivity index (χ2v) is 5.74. The third-order valence-electron chi connectivity index (χ3n) is 4.32. The summed E-state index contributed by atoms with van der Waals surface area (Å²) in [7, 11) is 0. The molecule has 4 heteroatoms. The number of hydrogen-bond donors (Lipinski definition) is 0. The van der Waals surface area contributed by atoms with Gasteiger partial charge in [-0.15, -0.1) is 29.7 Å². The quantitative estimate of drug-likeness (QED) is 0.179. The molecule has 3 aromatic carbocycles. The van der Waals surface area contributed by atoms with Gasteiger partial charge in [-0.1, -0.05) is 29.7 Å². The van der Waals surface area contributed by atoms with Gasteiger partial charge in [0.05, 0.1) is 16.7 Å². The van der Waals surface area contributed by atoms with Gasteiger partial charge in [-0.05, 0) is 36.1 Å². The molecule has 5 aromatic rings. The number of hydrogen-bond acceptors (Lipinski definition) is 1. The van der Waals surface area contributed by atoms with Crippen LogP contribution in [0.15, 0.2) is 60.7 Å². The second-order valence-electron chi connectivity index (χ2n) is 5.74. The molecule has 0 amide bonds. The molecule has 124 valence electrons. The maximum absolute atomic E-state index is 4.87. The van der Waals surface area contributed by atoms with Crippen LogP contribution in [0.5, 0.6) is 0 Å². The first-order valence-electron chi connectivity index (χ1n) is 7.43. The van der Waals surface area contributed by atoms with Gasteiger partial charge in [0.2, 0.25) is 0 Å². The van der Waals surface area contributed by atoms with Gasteiger partial charge >= 0.3 is 0 Å². The molecule has 0 aliphatic heterocycles. The van der Waals surface area contributed by atoms with E-state index in [0.717, 1.165) is 22.1 Å². The zero-order chi connectivity index (χ0) is 14.7. The van der Waals surface area contributed by atoms with Gasteiger partial charge in [-0.25, -0.2) is 0 Å². The van der Waals surface area contributed by atoms with E-state index in [1.165, 1.54) is 21.9 Å². The molecule has 5 rings (SSSR count). The first-order chi connectivity index (χ1) is 10.8. The fourth-order valence-electron chi connectivity index (χ4n) is 3.34. The monoisotopic (exact) mass is 578 g/mol. The van der Waals surface area contributed by atoms with E-state index in [9.17, 15) is 0 Å². The van der Waals surface area contributed by atoms with Crippen LogP contribution in [0.3, 0.4) is 0 Å². The van der Waals surface area contributed by atoms with E-state index in [0.29, 0.717) is 0 Å². The molecule has 0 N–H and O–H groups in total. The molecule has 2 radical (unpaired) electrons. The predicted octanol–water partition coefficient (Wildman–Crippen LogP) is 5.35. The van der Waals surface area contributed by atoms with E-state index >= 15 is 0 Å². The molecular formula is C21H16IrN2Y-2. The van der Waals surface area contributed by atoms with Crippen molar-refractivity contribution in [2.24, 2.45) is 0 Å². The number of nitrogens with zero attached hydrogens (tertiary/aromatic N) is 2. The Hall–Kier alpha value is -1.12. The van der Waals surface area contributed by atoms with E-state index < -0.39 is 0 Å². The summed E-state index contributed by atoms with van der Waals surface area (Å²) in [5.74, 6) is 0. The van der Waals surface area contributed by atoms with Crippen LogP contribution in [0, 0.1) is 20.4 Å². The number of fused-ring (bicyclic) bond motifs is 8. The third-order valence-corrected chi connectivity index (χ3v) is 4.32. The zero-order valence-corrected chi connectivity index (χ0v) is 19.3. The standard InChI is InChI=1S/C20H13N2.CH3.Ir.Y/c1-13-10-11-17-19(12-13)22-18-9-5-4-7-15(18)14-6-2-3-8-16(14)20(22)21-17;;;/h2-7,9-12H,1H3;1H3;;/q2*-1;;. The fourth-order valence-corrected chi connectivity index (χ4v) is 3.34. The summed E-state index contributed by atoms with van der Waals surface area (Å²) in [4.78, 5) is 4.87. The molecule has 0 fully saturated rings. The van der Waals surface area contributed by atoms with E-state index in [4.69, 9.17) is 4.98 Å². The zero-order valence-electron chi connectivity index (χ0n) is 14.1. The molecule has 0 aliphatic rings. The first kappa shape index (κ1) is 20.2. The Labute approximate surface area is 185 Å². The van der Waals surface area contributed by atoms with Crippen molar-refractivity contribution in [2.75, 3.05) is 0 Å². The van der Waals surface area contributed by atoms with Gasteiger partial charge in [-0.3, -0.25) is 4.98 Å². The molecule has 0 spiro atoms. The number of rotatable bonds is 0. The maximum Gasteiger partial charge on any atom is 0.0774 e. The van der Waals surface area contributed by atoms with Crippen molar-refractivity contribution in [1.82, 2.24) is 9.38 Å². The van der Waals surface area contributed by atoms with Crippen molar-refractivity contribution in [1.29, 1.82) is 0 Å². The topological polar surface area (TPSA) is 17.3 Å². The van der Waals surface area contributed by atoms with Crippen LogP contribution >= 0.6 is 0 Å². The van der Waals surface area contributed by atoms with Crippen LogP contribution in [0.25, 0.3) is 38.4 Å². The molecule has 2 aromatic heterocycles. The van der Waals surface area contributed by atoms with Crippen LogP contribution in [-0.2, 0) is 52.8 Å². The van der Waals surface area contributed by atoms with E-state index in [-0.39, 0.29) is 60.2 Å². The number of imidazole rings is 1. The fraction of sp³-hybridized carbons (Fsp3) is 0.0476. The molecule has 2 heterocycles. The average Bonchev–Trinajstić information content (AvgIpc) is 2.94. The van der Waals surface area contributed by atoms with Crippen LogP contribution in [0.1, 0.15) is 5.56 Å². The molecule has 0 saturated carbocycles. The van der Waals surface area contributed by atoms with Gasteiger partial charge < -0.3 is 11.8 Å². The van der Waals surface area contributed by atoms with Gasteiger partial charge in [-0.2, -0.15) is 0 Å². The summed E-state index contributed by atoms with van der Waals surface area (Å²) in [5, 5.41) is 3.52. The van der Waals surface area contributed by atoms with Gasteiger partial charge in [0, 0.05) is 58.3 Å². The van der Waals surface area contributed by atoms with Gasteiger partial charge in [0.15, 0.2) is 0 Å². The molecule has 0 saturated heterocycles. The summed E-state index contributed by atoms with van der Waals surface area (Å²) in [6, 6.07) is 24.5. The first-order valence-corrected chi connectivity index (χ1v) is 7.43. The Balaban J connectivity index is 0.000000751. The maximum atomic E-state index is 4.87. The van der Waals surface area contributed by atoms with Crippen LogP contribution < -0.4 is 0 Å². The van der Waals surface area contributed by atoms with Crippen molar-refractivity contribution < 1.29 is 52.8 Å². The van der Waals surface area contributed by atoms with Crippen molar-refractivity contribution in [3.8, 4) is 0 Å². The number of benzene rings is 3. The molecule has 0 unspecified atom stereocenters. The molecule has 25 heavy (non-hydrogen) atoms. The Morgan fingerprint density at radius 2 is 1.68 bits per heavy atom. The van der Waals surface area contributed by atoms with Crippen LogP contribution in [-0.4, -0.2) is 9.38 Å². The Bertz CT molecular complexity index is 1190. The van der Waals surface area contributed by atoms with Crippen molar-refractivity contribution >= 4 is 38.4 Å². The van der Waals surface area contributed by atoms with Crippen molar-refractivity contribution in [3.05, 3.63) is 79.7 Å². The van der Waals surface area contributed by atoms with Crippen molar-refractivity contribution in [2.45, 2.75) is 6.92 Å². The minimum Gasteiger partial charge on any atom is -0.358 e. The summed E-state index contributed by atoms with van der Waals surface area (Å²) in [6.45, 7) is 2.12. The van der Waals surface area contributed by atoms with Gasteiger partial charge in [0.25, 0.3) is 0 Å². The van der Waals surface area contributed by atoms with E-state index in [2.05, 4.69) is 65.9 Å². The molecule has 0 bridgehead atoms. The van der Waals surface area contributed by atoms with Crippen LogP contribution in [0.4, 0.5) is 0 Å². The third kappa shape index (κ3) is 2.98. The summed E-state index contributed by atoms with van der Waals surface area (Å²) < 4.78 is 2.26. The SMILES string of the molecule is Cc1ccc2nc3c4[c-]cccc4c4ccccc4n3c2c1.[CH3-].[Ir].[Y]. The minimum atomic E-state index is 0. The van der Waals surface area contributed by atoms with Gasteiger partial charge in [0.1, 0.15) is 0 Å². The van der Waals surface area contributed by atoms with Crippen LogP contribution in [0.2, 0.25) is 0 Å². The smallest absolute Gasteiger partial charge is 0.0774 e. The number of aromatic nitrogens is 2. The van der Waals surface area contributed by atoms with E-state index in [1.807, 2.05) is 12.1 Å². The summed E-state index contributed by atoms with van der Waals surface area (Å²) in [6.07, 6.45) is 0. The second kappa shape index (κ2) is 7.64. The summed E-state index contributed by atoms with van der Waals surface area (Å²) in [5.41, 5.74) is 5.61. The number of aryl methyl sites for hydroxylation is 1. The van der Waals surface area contributed by atoms with Crippen molar-refractivity contribution in [3.63, 3.8) is 0 Å². The molecule has 2 nitrogen and oxygen atoms in total. The average molecular weight is 577 g/mol. The largest absolute Gasteiger partial charge is 0.358 e. The Kier molecular flexibility index (Phi) is 6.17. The molecular weight excluding hydrogens is 561 g/mol. The molecule has 0 atom stereocenters. The normalized spacial score (nSPS) is 10.4. The Morgan fingerprint density at radius 3 is 2.52 bits per heavy atom.